The number of hydrogen-bond acceptors (Lipinski definition) is 2. The number of halogens is 1. The highest BCUT2D eigenvalue weighted by Crippen LogP contribution is 2.32. The molecule has 2 heterocycles. The number of benzene rings is 1. The highest BCUT2D eigenvalue weighted by atomic mass is 35.5. The first-order valence-electron chi connectivity index (χ1n) is 6.78. The lowest BCUT2D eigenvalue weighted by atomic mass is 10.1. The van der Waals surface area contributed by atoms with Crippen LogP contribution < -0.4 is 0 Å². The van der Waals surface area contributed by atoms with Gasteiger partial charge in [0.15, 0.2) is 0 Å². The number of H-pyrrole nitrogens is 1. The summed E-state index contributed by atoms with van der Waals surface area (Å²) in [5.41, 5.74) is 2.22. The minimum absolute atomic E-state index is 0.128. The van der Waals surface area contributed by atoms with Crippen LogP contribution in [0.25, 0.3) is 10.9 Å². The summed E-state index contributed by atoms with van der Waals surface area (Å²) in [5, 5.41) is 1.93. The van der Waals surface area contributed by atoms with E-state index in [0.717, 1.165) is 30.2 Å². The van der Waals surface area contributed by atoms with Gasteiger partial charge in [-0.2, -0.15) is 0 Å². The average molecular weight is 279 g/mol. The topological polar surface area (TPSA) is 28.3 Å². The summed E-state index contributed by atoms with van der Waals surface area (Å²) in [4.78, 5) is 5.72. The van der Waals surface area contributed by atoms with Crippen LogP contribution in [0.5, 0.6) is 0 Å². The van der Waals surface area contributed by atoms with E-state index < -0.39 is 0 Å². The molecule has 1 fully saturated rings. The van der Waals surface area contributed by atoms with E-state index in [4.69, 9.17) is 16.3 Å². The van der Waals surface area contributed by atoms with Crippen LogP contribution in [0, 0.1) is 0 Å². The van der Waals surface area contributed by atoms with Crippen LogP contribution in [0.2, 0.25) is 5.02 Å². The van der Waals surface area contributed by atoms with Gasteiger partial charge in [-0.25, -0.2) is 0 Å². The number of fused-ring (bicyclic) bond motifs is 1. The third kappa shape index (κ3) is 2.38. The zero-order chi connectivity index (χ0) is 13.4. The molecule has 2 aromatic rings. The highest BCUT2D eigenvalue weighted by Gasteiger charge is 2.25. The van der Waals surface area contributed by atoms with Crippen molar-refractivity contribution in [3.8, 4) is 0 Å². The number of morpholine rings is 1. The summed E-state index contributed by atoms with van der Waals surface area (Å²) in [7, 11) is 0. The molecular weight excluding hydrogens is 260 g/mol. The van der Waals surface area contributed by atoms with Gasteiger partial charge in [0.25, 0.3) is 0 Å². The van der Waals surface area contributed by atoms with Gasteiger partial charge >= 0.3 is 0 Å². The van der Waals surface area contributed by atoms with Gasteiger partial charge in [0.2, 0.25) is 0 Å². The quantitative estimate of drug-likeness (QED) is 0.909. The minimum Gasteiger partial charge on any atom is -0.371 e. The first kappa shape index (κ1) is 13.0. The van der Waals surface area contributed by atoms with E-state index in [-0.39, 0.29) is 6.10 Å². The van der Waals surface area contributed by atoms with Crippen LogP contribution in [0.15, 0.2) is 24.4 Å². The molecule has 0 spiro atoms. The molecular formula is C15H19ClN2O. The van der Waals surface area contributed by atoms with Crippen LogP contribution in [-0.4, -0.2) is 35.6 Å². The third-order valence-electron chi connectivity index (χ3n) is 3.87. The normalized spacial score (nSPS) is 21.4. The van der Waals surface area contributed by atoms with Gasteiger partial charge in [0.1, 0.15) is 0 Å². The maximum absolute atomic E-state index is 6.21. The Hall–Kier alpha value is -1.03. The van der Waals surface area contributed by atoms with E-state index in [2.05, 4.69) is 29.8 Å². The molecule has 3 rings (SSSR count). The Balaban J connectivity index is 1.94. The Morgan fingerprint density at radius 1 is 1.42 bits per heavy atom. The van der Waals surface area contributed by atoms with E-state index in [1.165, 1.54) is 10.9 Å². The van der Waals surface area contributed by atoms with Gasteiger partial charge in [-0.1, -0.05) is 23.7 Å². The number of rotatable bonds is 2. The maximum atomic E-state index is 6.21. The van der Waals surface area contributed by atoms with Crippen molar-refractivity contribution in [2.75, 3.05) is 19.7 Å². The molecule has 0 saturated carbocycles. The standard InChI is InChI=1S/C15H19ClN2O/c1-10(2)18-6-7-19-14(9-18)12-8-17-15-11(12)4-3-5-13(15)16/h3-5,8,10,14,17H,6-7,9H2,1-2H3. The molecule has 1 atom stereocenters. The largest absolute Gasteiger partial charge is 0.371 e. The summed E-state index contributed by atoms with van der Waals surface area (Å²) < 4.78 is 5.95. The Labute approximate surface area is 118 Å². The molecule has 0 bridgehead atoms. The Bertz CT molecular complexity index is 579. The lowest BCUT2D eigenvalue weighted by Gasteiger charge is -2.35. The third-order valence-corrected chi connectivity index (χ3v) is 4.19. The molecule has 1 aliphatic heterocycles. The van der Waals surface area contributed by atoms with Crippen molar-refractivity contribution in [2.45, 2.75) is 26.0 Å². The van der Waals surface area contributed by atoms with E-state index >= 15 is 0 Å². The fourth-order valence-electron chi connectivity index (χ4n) is 2.73. The van der Waals surface area contributed by atoms with Crippen molar-refractivity contribution in [1.82, 2.24) is 9.88 Å². The predicted molar refractivity (Wildman–Crippen MR) is 78.7 cm³/mol. The fraction of sp³-hybridized carbons (Fsp3) is 0.467. The molecule has 1 saturated heterocycles. The zero-order valence-corrected chi connectivity index (χ0v) is 12.1. The van der Waals surface area contributed by atoms with Gasteiger partial charge in [-0.3, -0.25) is 4.90 Å². The average Bonchev–Trinajstić information content (AvgIpc) is 2.84. The summed E-state index contributed by atoms with van der Waals surface area (Å²) in [6, 6.07) is 6.56. The van der Waals surface area contributed by atoms with Crippen molar-refractivity contribution in [3.63, 3.8) is 0 Å². The van der Waals surface area contributed by atoms with E-state index in [0.29, 0.717) is 6.04 Å². The van der Waals surface area contributed by atoms with Crippen LogP contribution in [0.3, 0.4) is 0 Å². The highest BCUT2D eigenvalue weighted by molar-refractivity contribution is 6.35. The number of aromatic nitrogens is 1. The molecule has 1 aliphatic rings. The van der Waals surface area contributed by atoms with Crippen LogP contribution in [-0.2, 0) is 4.74 Å². The number of aromatic amines is 1. The molecule has 1 aromatic heterocycles. The van der Waals surface area contributed by atoms with Gasteiger partial charge in [0.05, 0.1) is 23.3 Å². The van der Waals surface area contributed by atoms with Crippen molar-refractivity contribution >= 4 is 22.5 Å². The molecule has 3 nitrogen and oxygen atoms in total. The van der Waals surface area contributed by atoms with Gasteiger partial charge in [-0.15, -0.1) is 0 Å². The van der Waals surface area contributed by atoms with Crippen molar-refractivity contribution < 1.29 is 4.74 Å². The van der Waals surface area contributed by atoms with Crippen molar-refractivity contribution in [3.05, 3.63) is 35.0 Å². The number of nitrogens with one attached hydrogen (secondary N) is 1. The number of para-hydroxylation sites is 1. The van der Waals surface area contributed by atoms with Gasteiger partial charge < -0.3 is 9.72 Å². The Morgan fingerprint density at radius 2 is 2.26 bits per heavy atom. The lowest BCUT2D eigenvalue weighted by Crippen LogP contribution is -2.42. The SMILES string of the molecule is CC(C)N1CCOC(c2c[nH]c3c(Cl)cccc23)C1. The lowest BCUT2D eigenvalue weighted by molar-refractivity contribution is -0.0395. The fourth-order valence-corrected chi connectivity index (χ4v) is 2.96. The number of hydrogen-bond donors (Lipinski definition) is 1. The molecule has 102 valence electrons. The summed E-state index contributed by atoms with van der Waals surface area (Å²) in [6.07, 6.45) is 2.16. The molecule has 1 N–H and O–H groups in total. The van der Waals surface area contributed by atoms with Crippen molar-refractivity contribution in [2.24, 2.45) is 0 Å². The van der Waals surface area contributed by atoms with Crippen molar-refractivity contribution in [1.29, 1.82) is 0 Å². The zero-order valence-electron chi connectivity index (χ0n) is 11.3. The van der Waals surface area contributed by atoms with E-state index in [1.54, 1.807) is 0 Å². The molecule has 0 radical (unpaired) electrons. The number of ether oxygens (including phenoxy) is 1. The second kappa shape index (κ2) is 5.16. The van der Waals surface area contributed by atoms with Crippen LogP contribution in [0.1, 0.15) is 25.5 Å². The summed E-state index contributed by atoms with van der Waals surface area (Å²) >= 11 is 6.21. The Kier molecular flexibility index (Phi) is 3.52. The maximum Gasteiger partial charge on any atom is 0.0973 e. The smallest absolute Gasteiger partial charge is 0.0973 e. The molecule has 1 aromatic carbocycles. The first-order valence-corrected chi connectivity index (χ1v) is 7.15. The first-order chi connectivity index (χ1) is 9.16. The summed E-state index contributed by atoms with van der Waals surface area (Å²) in [5.74, 6) is 0. The van der Waals surface area contributed by atoms with Crippen LogP contribution in [0.4, 0.5) is 0 Å². The second-order valence-corrected chi connectivity index (χ2v) is 5.76. The molecule has 0 amide bonds. The van der Waals surface area contributed by atoms with Gasteiger partial charge in [0, 0.05) is 36.3 Å². The molecule has 1 unspecified atom stereocenters. The minimum atomic E-state index is 0.128. The van der Waals surface area contributed by atoms with Gasteiger partial charge in [-0.05, 0) is 19.9 Å². The van der Waals surface area contributed by atoms with E-state index in [1.807, 2.05) is 18.3 Å². The number of nitrogens with zero attached hydrogens (tertiary/aromatic N) is 1. The summed E-state index contributed by atoms with van der Waals surface area (Å²) in [6.45, 7) is 7.20. The molecule has 4 heteroatoms. The predicted octanol–water partition coefficient (Wildman–Crippen LogP) is 3.60. The monoisotopic (exact) mass is 278 g/mol. The van der Waals surface area contributed by atoms with E-state index in [9.17, 15) is 0 Å². The second-order valence-electron chi connectivity index (χ2n) is 5.35. The Morgan fingerprint density at radius 3 is 3.05 bits per heavy atom. The molecule has 0 aliphatic carbocycles. The van der Waals surface area contributed by atoms with Crippen LogP contribution >= 0.6 is 11.6 Å². The molecule has 19 heavy (non-hydrogen) atoms.